The zero-order valence-electron chi connectivity index (χ0n) is 8.03. The van der Waals surface area contributed by atoms with Gasteiger partial charge in [0, 0.05) is 18.8 Å². The first-order chi connectivity index (χ1) is 6.23. The number of aryl methyl sites for hydroxylation is 1. The van der Waals surface area contributed by atoms with Gasteiger partial charge in [0.05, 0.1) is 12.1 Å². The van der Waals surface area contributed by atoms with Crippen molar-refractivity contribution in [3.8, 4) is 0 Å². The Morgan fingerprint density at radius 1 is 1.62 bits per heavy atom. The molecule has 0 aromatic carbocycles. The molecule has 3 nitrogen and oxygen atoms in total. The summed E-state index contributed by atoms with van der Waals surface area (Å²) in [6.45, 7) is 2.81. The van der Waals surface area contributed by atoms with E-state index >= 15 is 0 Å². The van der Waals surface area contributed by atoms with Gasteiger partial charge in [0.15, 0.2) is 0 Å². The third kappa shape index (κ3) is 1.61. The molecule has 0 amide bonds. The molecule has 1 fully saturated rings. The van der Waals surface area contributed by atoms with Crippen molar-refractivity contribution in [3.05, 3.63) is 18.2 Å². The average Bonchev–Trinajstić information content (AvgIpc) is 2.49. The molecule has 1 aromatic heterocycles. The van der Waals surface area contributed by atoms with Crippen LogP contribution in [0.4, 0.5) is 0 Å². The third-order valence-corrected chi connectivity index (χ3v) is 2.87. The first kappa shape index (κ1) is 8.75. The number of aromatic nitrogens is 2. The zero-order chi connectivity index (χ0) is 9.31. The van der Waals surface area contributed by atoms with Crippen LogP contribution in [0, 0.1) is 0 Å². The lowest BCUT2D eigenvalue weighted by Crippen LogP contribution is -2.41. The molecule has 1 heterocycles. The summed E-state index contributed by atoms with van der Waals surface area (Å²) in [4.78, 5) is 4.23. The Balaban J connectivity index is 2.08. The van der Waals surface area contributed by atoms with Gasteiger partial charge in [0.25, 0.3) is 0 Å². The van der Waals surface area contributed by atoms with Crippen molar-refractivity contribution < 1.29 is 5.11 Å². The Bertz CT molecular complexity index is 289. The number of hydrogen-bond acceptors (Lipinski definition) is 2. The monoisotopic (exact) mass is 180 g/mol. The van der Waals surface area contributed by atoms with E-state index in [1.54, 1.807) is 6.20 Å². The molecular weight excluding hydrogens is 164 g/mol. The molecule has 0 bridgehead atoms. The summed E-state index contributed by atoms with van der Waals surface area (Å²) in [5.74, 6) is 1.07. The Morgan fingerprint density at radius 3 is 2.92 bits per heavy atom. The fraction of sp³-hybridized carbons (Fsp3) is 0.700. The van der Waals surface area contributed by atoms with Crippen molar-refractivity contribution >= 4 is 0 Å². The maximum Gasteiger partial charge on any atom is 0.108 e. The first-order valence-electron chi connectivity index (χ1n) is 4.96. The first-order valence-corrected chi connectivity index (χ1v) is 4.96. The maximum absolute atomic E-state index is 9.95. The molecule has 72 valence electrons. The average molecular weight is 180 g/mol. The highest BCUT2D eigenvalue weighted by Gasteiger charge is 2.34. The molecule has 1 aliphatic rings. The van der Waals surface area contributed by atoms with Crippen LogP contribution in [0.25, 0.3) is 0 Å². The van der Waals surface area contributed by atoms with Crippen LogP contribution in [0.2, 0.25) is 0 Å². The minimum Gasteiger partial charge on any atom is -0.388 e. The van der Waals surface area contributed by atoms with Gasteiger partial charge < -0.3 is 9.67 Å². The van der Waals surface area contributed by atoms with Crippen LogP contribution in [0.5, 0.6) is 0 Å². The lowest BCUT2D eigenvalue weighted by atomic mass is 9.80. The highest BCUT2D eigenvalue weighted by molar-refractivity contribution is 4.96. The molecule has 0 spiro atoms. The van der Waals surface area contributed by atoms with E-state index in [-0.39, 0.29) is 0 Å². The Kier molecular flexibility index (Phi) is 2.12. The molecular formula is C10H16N2O. The van der Waals surface area contributed by atoms with E-state index < -0.39 is 5.60 Å². The van der Waals surface area contributed by atoms with Crippen LogP contribution in [0.3, 0.4) is 0 Å². The van der Waals surface area contributed by atoms with E-state index in [1.807, 2.05) is 6.20 Å². The largest absolute Gasteiger partial charge is 0.388 e. The Hall–Kier alpha value is -0.830. The molecule has 1 saturated carbocycles. The zero-order valence-corrected chi connectivity index (χ0v) is 8.03. The van der Waals surface area contributed by atoms with Crippen molar-refractivity contribution in [2.24, 2.45) is 0 Å². The van der Waals surface area contributed by atoms with Crippen molar-refractivity contribution in [1.29, 1.82) is 0 Å². The number of nitrogens with zero attached hydrogens (tertiary/aromatic N) is 2. The quantitative estimate of drug-likeness (QED) is 0.762. The summed E-state index contributed by atoms with van der Waals surface area (Å²) < 4.78 is 2.07. The van der Waals surface area contributed by atoms with E-state index in [9.17, 15) is 5.11 Å². The van der Waals surface area contributed by atoms with Crippen molar-refractivity contribution in [2.45, 2.75) is 44.8 Å². The number of imidazole rings is 1. The van der Waals surface area contributed by atoms with Crippen LogP contribution >= 0.6 is 0 Å². The molecule has 0 radical (unpaired) electrons. The second kappa shape index (κ2) is 3.14. The highest BCUT2D eigenvalue weighted by atomic mass is 16.3. The highest BCUT2D eigenvalue weighted by Crippen LogP contribution is 2.33. The van der Waals surface area contributed by atoms with Crippen LogP contribution in [0.1, 0.15) is 32.0 Å². The summed E-state index contributed by atoms with van der Waals surface area (Å²) in [6, 6.07) is 0. The van der Waals surface area contributed by atoms with Crippen molar-refractivity contribution in [2.75, 3.05) is 0 Å². The smallest absolute Gasteiger partial charge is 0.108 e. The van der Waals surface area contributed by atoms with Gasteiger partial charge in [0.2, 0.25) is 0 Å². The fourth-order valence-corrected chi connectivity index (χ4v) is 1.86. The van der Waals surface area contributed by atoms with Crippen LogP contribution in [0.15, 0.2) is 12.4 Å². The predicted octanol–water partition coefficient (Wildman–Crippen LogP) is 1.36. The van der Waals surface area contributed by atoms with E-state index in [2.05, 4.69) is 16.5 Å². The summed E-state index contributed by atoms with van der Waals surface area (Å²) in [7, 11) is 0. The lowest BCUT2D eigenvalue weighted by molar-refractivity contribution is -0.0478. The summed E-state index contributed by atoms with van der Waals surface area (Å²) in [6.07, 6.45) is 7.73. The lowest BCUT2D eigenvalue weighted by Gasteiger charge is -2.37. The van der Waals surface area contributed by atoms with Gasteiger partial charge in [-0.2, -0.15) is 0 Å². The molecule has 0 atom stereocenters. The number of aliphatic hydroxyl groups is 1. The summed E-state index contributed by atoms with van der Waals surface area (Å²) >= 11 is 0. The summed E-state index contributed by atoms with van der Waals surface area (Å²) in [5, 5.41) is 9.95. The van der Waals surface area contributed by atoms with Gasteiger partial charge in [-0.3, -0.25) is 0 Å². The van der Waals surface area contributed by atoms with E-state index in [0.717, 1.165) is 38.1 Å². The van der Waals surface area contributed by atoms with Crippen molar-refractivity contribution in [3.63, 3.8) is 0 Å². The van der Waals surface area contributed by atoms with E-state index in [4.69, 9.17) is 0 Å². The Morgan fingerprint density at radius 2 is 2.38 bits per heavy atom. The minimum absolute atomic E-state index is 0.440. The SMILES string of the molecule is CCc1nccn1CC1(O)CCC1. The van der Waals surface area contributed by atoms with Crippen LogP contribution in [-0.2, 0) is 13.0 Å². The molecule has 0 saturated heterocycles. The molecule has 3 heteroatoms. The van der Waals surface area contributed by atoms with Gasteiger partial charge in [-0.15, -0.1) is 0 Å². The second-order valence-electron chi connectivity index (χ2n) is 3.90. The van der Waals surface area contributed by atoms with Gasteiger partial charge >= 0.3 is 0 Å². The second-order valence-corrected chi connectivity index (χ2v) is 3.90. The topological polar surface area (TPSA) is 38.0 Å². The van der Waals surface area contributed by atoms with Gasteiger partial charge in [-0.05, 0) is 19.3 Å². The standard InChI is InChI=1S/C10H16N2O/c1-2-9-11-6-7-12(9)8-10(13)4-3-5-10/h6-7,13H,2-5,8H2,1H3. The van der Waals surface area contributed by atoms with Gasteiger partial charge in [-0.25, -0.2) is 4.98 Å². The van der Waals surface area contributed by atoms with E-state index in [0.29, 0.717) is 0 Å². The van der Waals surface area contributed by atoms with Gasteiger partial charge in [-0.1, -0.05) is 6.92 Å². The van der Waals surface area contributed by atoms with Crippen LogP contribution < -0.4 is 0 Å². The number of rotatable bonds is 3. The molecule has 0 aliphatic heterocycles. The molecule has 1 N–H and O–H groups in total. The fourth-order valence-electron chi connectivity index (χ4n) is 1.86. The van der Waals surface area contributed by atoms with Gasteiger partial charge in [0.1, 0.15) is 5.82 Å². The molecule has 1 aromatic rings. The molecule has 2 rings (SSSR count). The summed E-state index contributed by atoms with van der Waals surface area (Å²) in [5.41, 5.74) is -0.440. The Labute approximate surface area is 78.4 Å². The van der Waals surface area contributed by atoms with Crippen LogP contribution in [-0.4, -0.2) is 20.3 Å². The maximum atomic E-state index is 9.95. The molecule has 1 aliphatic carbocycles. The molecule has 13 heavy (non-hydrogen) atoms. The normalized spacial score (nSPS) is 19.8. The molecule has 0 unspecified atom stereocenters. The van der Waals surface area contributed by atoms with Crippen molar-refractivity contribution in [1.82, 2.24) is 9.55 Å². The van der Waals surface area contributed by atoms with E-state index in [1.165, 1.54) is 0 Å². The third-order valence-electron chi connectivity index (χ3n) is 2.87. The predicted molar refractivity (Wildman–Crippen MR) is 50.4 cm³/mol. The number of hydrogen-bond donors (Lipinski definition) is 1. The minimum atomic E-state index is -0.440.